The molecular formula is C22H30O2. The van der Waals surface area contributed by atoms with Crippen molar-refractivity contribution in [2.24, 2.45) is 17.8 Å². The summed E-state index contributed by atoms with van der Waals surface area (Å²) >= 11 is 0. The van der Waals surface area contributed by atoms with Crippen LogP contribution < -0.4 is 0 Å². The van der Waals surface area contributed by atoms with Gasteiger partial charge in [-0.1, -0.05) is 31.2 Å². The molecule has 1 aliphatic heterocycles. The molecule has 1 aromatic rings. The van der Waals surface area contributed by atoms with Crippen LogP contribution in [0.15, 0.2) is 24.3 Å². The largest absolute Gasteiger partial charge is 0.371 e. The van der Waals surface area contributed by atoms with Gasteiger partial charge in [-0.25, -0.2) is 0 Å². The third kappa shape index (κ3) is 2.63. The predicted molar refractivity (Wildman–Crippen MR) is 95.0 cm³/mol. The van der Waals surface area contributed by atoms with E-state index < -0.39 is 0 Å². The molecule has 2 unspecified atom stereocenters. The molecule has 0 amide bonds. The van der Waals surface area contributed by atoms with Gasteiger partial charge in [0.25, 0.3) is 0 Å². The summed E-state index contributed by atoms with van der Waals surface area (Å²) in [6.07, 6.45) is 10.4. The van der Waals surface area contributed by atoms with Crippen molar-refractivity contribution in [2.75, 3.05) is 13.2 Å². The first-order chi connectivity index (χ1) is 11.8. The quantitative estimate of drug-likeness (QED) is 0.685. The van der Waals surface area contributed by atoms with E-state index in [0.717, 1.165) is 37.4 Å². The Morgan fingerprint density at radius 2 is 1.71 bits per heavy atom. The molecule has 4 saturated carbocycles. The lowest BCUT2D eigenvalue weighted by molar-refractivity contribution is -0.00901. The highest BCUT2D eigenvalue weighted by atomic mass is 16.6. The SMILES string of the molecule is CCC(OCC1CO1)c1ccccc1C12CC3CC(CC(C3)C1)C2. The van der Waals surface area contributed by atoms with Crippen LogP contribution in [0.4, 0.5) is 0 Å². The molecule has 130 valence electrons. The molecule has 2 atom stereocenters. The average molecular weight is 326 g/mol. The molecule has 4 bridgehead atoms. The Morgan fingerprint density at radius 3 is 2.29 bits per heavy atom. The third-order valence-corrected chi connectivity index (χ3v) is 7.17. The molecule has 0 N–H and O–H groups in total. The minimum atomic E-state index is 0.235. The van der Waals surface area contributed by atoms with Crippen LogP contribution in [-0.2, 0) is 14.9 Å². The monoisotopic (exact) mass is 326 g/mol. The minimum absolute atomic E-state index is 0.235. The highest BCUT2D eigenvalue weighted by Crippen LogP contribution is 2.61. The maximum Gasteiger partial charge on any atom is 0.104 e. The average Bonchev–Trinajstić information content (AvgIpc) is 3.39. The van der Waals surface area contributed by atoms with Crippen molar-refractivity contribution in [3.63, 3.8) is 0 Å². The highest BCUT2D eigenvalue weighted by molar-refractivity contribution is 5.38. The minimum Gasteiger partial charge on any atom is -0.371 e. The fourth-order valence-electron chi connectivity index (χ4n) is 6.52. The normalized spacial score (nSPS) is 40.7. The molecule has 5 fully saturated rings. The summed E-state index contributed by atoms with van der Waals surface area (Å²) in [5.41, 5.74) is 3.56. The first-order valence-corrected chi connectivity index (χ1v) is 10.1. The van der Waals surface area contributed by atoms with Crippen LogP contribution in [0.25, 0.3) is 0 Å². The van der Waals surface area contributed by atoms with Gasteiger partial charge in [-0.05, 0) is 79.2 Å². The lowest BCUT2D eigenvalue weighted by atomic mass is 9.47. The van der Waals surface area contributed by atoms with Crippen LogP contribution in [0.5, 0.6) is 0 Å². The molecule has 1 heterocycles. The lowest BCUT2D eigenvalue weighted by Crippen LogP contribution is -2.49. The smallest absolute Gasteiger partial charge is 0.104 e. The molecular weight excluding hydrogens is 296 g/mol. The molecule has 0 aromatic heterocycles. The van der Waals surface area contributed by atoms with E-state index in [0.29, 0.717) is 11.5 Å². The highest BCUT2D eigenvalue weighted by Gasteiger charge is 2.52. The number of benzene rings is 1. The predicted octanol–water partition coefficient (Wildman–Crippen LogP) is 5.02. The van der Waals surface area contributed by atoms with Gasteiger partial charge < -0.3 is 9.47 Å². The number of ether oxygens (including phenoxy) is 2. The van der Waals surface area contributed by atoms with Gasteiger partial charge >= 0.3 is 0 Å². The zero-order valence-electron chi connectivity index (χ0n) is 14.9. The number of epoxide rings is 1. The fourth-order valence-corrected chi connectivity index (χ4v) is 6.52. The van der Waals surface area contributed by atoms with Crippen molar-refractivity contribution in [1.29, 1.82) is 0 Å². The molecule has 24 heavy (non-hydrogen) atoms. The van der Waals surface area contributed by atoms with Crippen molar-refractivity contribution in [3.05, 3.63) is 35.4 Å². The molecule has 6 rings (SSSR count). The summed E-state index contributed by atoms with van der Waals surface area (Å²) in [7, 11) is 0. The van der Waals surface area contributed by atoms with Gasteiger partial charge in [0.15, 0.2) is 0 Å². The Kier molecular flexibility index (Phi) is 3.75. The lowest BCUT2D eigenvalue weighted by Gasteiger charge is -2.57. The van der Waals surface area contributed by atoms with Gasteiger partial charge in [0, 0.05) is 0 Å². The van der Waals surface area contributed by atoms with Crippen molar-refractivity contribution in [3.8, 4) is 0 Å². The summed E-state index contributed by atoms with van der Waals surface area (Å²) in [4.78, 5) is 0. The van der Waals surface area contributed by atoms with Crippen LogP contribution in [0.1, 0.15) is 69.1 Å². The zero-order valence-corrected chi connectivity index (χ0v) is 14.9. The molecule has 0 radical (unpaired) electrons. The van der Waals surface area contributed by atoms with Crippen LogP contribution in [0.2, 0.25) is 0 Å². The van der Waals surface area contributed by atoms with E-state index in [4.69, 9.17) is 9.47 Å². The van der Waals surface area contributed by atoms with Crippen LogP contribution in [0, 0.1) is 17.8 Å². The maximum atomic E-state index is 6.28. The second-order valence-electron chi connectivity index (χ2n) is 8.97. The first kappa shape index (κ1) is 15.4. The van der Waals surface area contributed by atoms with Crippen LogP contribution >= 0.6 is 0 Å². The number of hydrogen-bond donors (Lipinski definition) is 0. The molecule has 2 heteroatoms. The summed E-state index contributed by atoms with van der Waals surface area (Å²) < 4.78 is 11.6. The summed E-state index contributed by atoms with van der Waals surface area (Å²) in [5.74, 6) is 2.97. The Balaban J connectivity index is 1.47. The number of hydrogen-bond acceptors (Lipinski definition) is 2. The van der Waals surface area contributed by atoms with E-state index in [1.165, 1.54) is 44.1 Å². The van der Waals surface area contributed by atoms with E-state index in [2.05, 4.69) is 31.2 Å². The third-order valence-electron chi connectivity index (χ3n) is 7.17. The Morgan fingerprint density at radius 1 is 1.08 bits per heavy atom. The molecule has 2 nitrogen and oxygen atoms in total. The van der Waals surface area contributed by atoms with Gasteiger partial charge in [-0.2, -0.15) is 0 Å². The van der Waals surface area contributed by atoms with Crippen molar-refractivity contribution >= 4 is 0 Å². The molecule has 5 aliphatic rings. The van der Waals surface area contributed by atoms with E-state index in [9.17, 15) is 0 Å². The van der Waals surface area contributed by atoms with Crippen molar-refractivity contribution < 1.29 is 9.47 Å². The second-order valence-corrected chi connectivity index (χ2v) is 8.97. The van der Waals surface area contributed by atoms with E-state index in [1.54, 1.807) is 5.56 Å². The van der Waals surface area contributed by atoms with Gasteiger partial charge in [-0.15, -0.1) is 0 Å². The summed E-state index contributed by atoms with van der Waals surface area (Å²) in [5, 5.41) is 0. The second kappa shape index (κ2) is 5.85. The summed E-state index contributed by atoms with van der Waals surface area (Å²) in [6.45, 7) is 3.90. The van der Waals surface area contributed by atoms with Crippen LogP contribution in [0.3, 0.4) is 0 Å². The van der Waals surface area contributed by atoms with E-state index in [-0.39, 0.29) is 6.10 Å². The Labute approximate surface area is 145 Å². The standard InChI is InChI=1S/C22H30O2/c1-2-21(24-14-18-13-23-18)19-5-3-4-6-20(19)22-10-15-7-16(11-22)9-17(8-15)12-22/h3-6,15-18,21H,2,7-14H2,1H3. The fraction of sp³-hybridized carbons (Fsp3) is 0.727. The Hall–Kier alpha value is -0.860. The first-order valence-electron chi connectivity index (χ1n) is 10.1. The zero-order chi connectivity index (χ0) is 16.1. The molecule has 4 aliphatic carbocycles. The topological polar surface area (TPSA) is 21.8 Å². The molecule has 1 aromatic carbocycles. The van der Waals surface area contributed by atoms with E-state index in [1.807, 2.05) is 0 Å². The number of rotatable bonds is 6. The van der Waals surface area contributed by atoms with Gasteiger partial charge in [0.2, 0.25) is 0 Å². The summed E-state index contributed by atoms with van der Waals surface area (Å²) in [6, 6.07) is 9.24. The van der Waals surface area contributed by atoms with E-state index >= 15 is 0 Å². The molecule has 1 saturated heterocycles. The van der Waals surface area contributed by atoms with Crippen LogP contribution in [-0.4, -0.2) is 19.3 Å². The van der Waals surface area contributed by atoms with Gasteiger partial charge in [0.05, 0.1) is 19.3 Å². The van der Waals surface area contributed by atoms with Gasteiger partial charge in [-0.3, -0.25) is 0 Å². The molecule has 0 spiro atoms. The Bertz CT molecular complexity index is 568. The maximum absolute atomic E-state index is 6.28. The van der Waals surface area contributed by atoms with Gasteiger partial charge in [0.1, 0.15) is 6.10 Å². The van der Waals surface area contributed by atoms with Crippen molar-refractivity contribution in [1.82, 2.24) is 0 Å². The van der Waals surface area contributed by atoms with Crippen molar-refractivity contribution in [2.45, 2.75) is 69.5 Å².